The van der Waals surface area contributed by atoms with Crippen LogP contribution in [0.25, 0.3) is 0 Å². The molecule has 3 nitrogen and oxygen atoms in total. The number of halogens is 1. The topological polar surface area (TPSA) is 43.4 Å². The van der Waals surface area contributed by atoms with Crippen LogP contribution in [0.1, 0.15) is 18.1 Å². The lowest BCUT2D eigenvalue weighted by Gasteiger charge is -2.21. The Morgan fingerprint density at radius 3 is 2.75 bits per heavy atom. The lowest BCUT2D eigenvalue weighted by Crippen LogP contribution is -2.13. The van der Waals surface area contributed by atoms with Crippen LogP contribution in [0.5, 0.6) is 5.75 Å². The second-order valence-electron chi connectivity index (χ2n) is 4.50. The molecule has 1 aliphatic rings. The number of rotatable bonds is 1. The number of carbonyl (C=O) groups excluding carboxylic acids is 1. The summed E-state index contributed by atoms with van der Waals surface area (Å²) in [4.78, 5) is 12.4. The van der Waals surface area contributed by atoms with Gasteiger partial charge in [-0.3, -0.25) is 4.79 Å². The minimum atomic E-state index is -1.39. The van der Waals surface area contributed by atoms with Crippen molar-refractivity contribution in [3.05, 3.63) is 52.5 Å². The zero-order chi connectivity index (χ0) is 14.3. The molecule has 0 saturated carbocycles. The molecule has 0 radical (unpaired) electrons. The number of hydrogen-bond donors (Lipinski definition) is 0. The molecule has 0 N–H and O–H groups in total. The molecule has 5 heteroatoms. The molecule has 3 rings (SSSR count). The Labute approximate surface area is 124 Å². The van der Waals surface area contributed by atoms with Gasteiger partial charge in [0.2, 0.25) is 0 Å². The highest BCUT2D eigenvalue weighted by Crippen LogP contribution is 2.40. The molecule has 20 heavy (non-hydrogen) atoms. The minimum absolute atomic E-state index is 0.324. The molecule has 0 bridgehead atoms. The van der Waals surface area contributed by atoms with Crippen molar-refractivity contribution < 1.29 is 13.7 Å². The molecule has 0 aliphatic carbocycles. The van der Waals surface area contributed by atoms with Gasteiger partial charge >= 0.3 is 5.97 Å². The highest BCUT2D eigenvalue weighted by molar-refractivity contribution is 7.85. The van der Waals surface area contributed by atoms with E-state index in [9.17, 15) is 9.00 Å². The Bertz CT molecular complexity index is 740. The van der Waals surface area contributed by atoms with Gasteiger partial charge < -0.3 is 4.74 Å². The molecular weight excluding hydrogens is 296 g/mol. The average molecular weight is 307 g/mol. The van der Waals surface area contributed by atoms with E-state index in [2.05, 4.69) is 0 Å². The zero-order valence-electron chi connectivity index (χ0n) is 10.7. The van der Waals surface area contributed by atoms with Crippen molar-refractivity contribution >= 4 is 28.4 Å². The highest BCUT2D eigenvalue weighted by Gasteiger charge is 2.27. The van der Waals surface area contributed by atoms with Gasteiger partial charge in [0.15, 0.2) is 0 Å². The minimum Gasteiger partial charge on any atom is -0.425 e. The molecule has 2 aromatic carbocycles. The van der Waals surface area contributed by atoms with Crippen molar-refractivity contribution in [2.75, 3.05) is 0 Å². The van der Waals surface area contributed by atoms with Gasteiger partial charge in [0.1, 0.15) is 5.75 Å². The second kappa shape index (κ2) is 5.04. The van der Waals surface area contributed by atoms with E-state index in [1.165, 1.54) is 6.92 Å². The van der Waals surface area contributed by atoms with E-state index < -0.39 is 16.8 Å². The summed E-state index contributed by atoms with van der Waals surface area (Å²) in [5.74, 6) is -0.116. The first kappa shape index (κ1) is 13.3. The lowest BCUT2D eigenvalue weighted by atomic mass is 10.0. The predicted molar refractivity (Wildman–Crippen MR) is 76.7 cm³/mol. The summed E-state index contributed by atoms with van der Waals surface area (Å²) < 4.78 is 17.9. The van der Waals surface area contributed by atoms with Crippen molar-refractivity contribution in [1.29, 1.82) is 0 Å². The number of hydrogen-bond acceptors (Lipinski definition) is 3. The number of fused-ring (bicyclic) bond motifs is 2. The Balaban J connectivity index is 2.21. The predicted octanol–water partition coefficient (Wildman–Crippen LogP) is 3.34. The van der Waals surface area contributed by atoms with Crippen LogP contribution in [-0.4, -0.2) is 10.2 Å². The van der Waals surface area contributed by atoms with Crippen molar-refractivity contribution in [2.45, 2.75) is 23.1 Å². The molecular formula is C15H11ClO3S. The van der Waals surface area contributed by atoms with Crippen LogP contribution in [0.2, 0.25) is 5.02 Å². The lowest BCUT2D eigenvalue weighted by molar-refractivity contribution is -0.132. The molecule has 102 valence electrons. The third kappa shape index (κ3) is 2.15. The highest BCUT2D eigenvalue weighted by atomic mass is 35.5. The summed E-state index contributed by atoms with van der Waals surface area (Å²) >= 11 is 6.21. The average Bonchev–Trinajstić information content (AvgIpc) is 2.42. The Morgan fingerprint density at radius 1 is 1.25 bits per heavy atom. The second-order valence-corrected chi connectivity index (χ2v) is 6.29. The molecule has 1 heterocycles. The molecule has 0 amide bonds. The summed E-state index contributed by atoms with van der Waals surface area (Å²) in [7, 11) is -1.39. The number of benzene rings is 2. The number of esters is 1. The van der Waals surface area contributed by atoms with E-state index in [1.54, 1.807) is 12.1 Å². The van der Waals surface area contributed by atoms with Crippen LogP contribution in [0.15, 0.2) is 46.2 Å². The Hall–Kier alpha value is -1.65. The Kier molecular flexibility index (Phi) is 3.36. The summed E-state index contributed by atoms with van der Waals surface area (Å²) in [5.41, 5.74) is 1.75. The number of carbonyl (C=O) groups is 1. The fourth-order valence-corrected chi connectivity index (χ4v) is 4.10. The van der Waals surface area contributed by atoms with Crippen LogP contribution >= 0.6 is 11.6 Å². The van der Waals surface area contributed by atoms with Gasteiger partial charge in [-0.1, -0.05) is 29.8 Å². The number of ether oxygens (including phenoxy) is 1. The molecule has 1 unspecified atom stereocenters. The van der Waals surface area contributed by atoms with Crippen molar-refractivity contribution in [2.24, 2.45) is 0 Å². The van der Waals surface area contributed by atoms with Gasteiger partial charge in [0, 0.05) is 23.3 Å². The molecule has 0 aromatic heterocycles. The maximum Gasteiger partial charge on any atom is 0.308 e. The molecule has 1 atom stereocenters. The van der Waals surface area contributed by atoms with Gasteiger partial charge in [-0.15, -0.1) is 0 Å². The van der Waals surface area contributed by atoms with Crippen LogP contribution < -0.4 is 4.74 Å². The maximum absolute atomic E-state index is 12.7. The van der Waals surface area contributed by atoms with E-state index in [-0.39, 0.29) is 0 Å². The van der Waals surface area contributed by atoms with E-state index in [0.717, 1.165) is 16.0 Å². The smallest absolute Gasteiger partial charge is 0.308 e. The fourth-order valence-electron chi connectivity index (χ4n) is 2.32. The maximum atomic E-state index is 12.7. The quantitative estimate of drug-likeness (QED) is 0.511. The van der Waals surface area contributed by atoms with Gasteiger partial charge in [-0.2, -0.15) is 0 Å². The molecule has 0 saturated heterocycles. The first-order chi connectivity index (χ1) is 9.58. The van der Waals surface area contributed by atoms with Gasteiger partial charge in [-0.05, 0) is 29.3 Å². The first-order valence-corrected chi connectivity index (χ1v) is 7.60. The third-order valence-electron chi connectivity index (χ3n) is 3.15. The fraction of sp³-hybridized carbons (Fsp3) is 0.133. The largest absolute Gasteiger partial charge is 0.425 e. The van der Waals surface area contributed by atoms with Crippen molar-refractivity contribution in [3.63, 3.8) is 0 Å². The third-order valence-corrected chi connectivity index (χ3v) is 5.12. The molecule has 1 aliphatic heterocycles. The van der Waals surface area contributed by atoms with E-state index >= 15 is 0 Å². The standard InChI is InChI=1S/C15H11ClO3S/c1-9(17)19-13-7-6-12(16)11-8-10-4-2-3-5-14(10)20(18)15(11)13/h2-7H,8H2,1H3. The van der Waals surface area contributed by atoms with E-state index in [0.29, 0.717) is 22.1 Å². The van der Waals surface area contributed by atoms with Gasteiger partial charge in [-0.25, -0.2) is 4.21 Å². The van der Waals surface area contributed by atoms with Crippen LogP contribution in [0.4, 0.5) is 0 Å². The summed E-state index contributed by atoms with van der Waals surface area (Å²) in [6.07, 6.45) is 0.588. The zero-order valence-corrected chi connectivity index (χ0v) is 12.3. The monoisotopic (exact) mass is 306 g/mol. The summed E-state index contributed by atoms with van der Waals surface area (Å²) in [6, 6.07) is 10.8. The van der Waals surface area contributed by atoms with E-state index in [4.69, 9.17) is 16.3 Å². The van der Waals surface area contributed by atoms with Crippen molar-refractivity contribution in [3.8, 4) is 5.75 Å². The van der Waals surface area contributed by atoms with Crippen LogP contribution in [0.3, 0.4) is 0 Å². The normalized spacial score (nSPS) is 16.2. The summed E-state index contributed by atoms with van der Waals surface area (Å²) in [5, 5.41) is 0.541. The molecule has 2 aromatic rings. The Morgan fingerprint density at radius 2 is 2.00 bits per heavy atom. The SMILES string of the molecule is CC(=O)Oc1ccc(Cl)c2c1S(=O)c1ccccc1C2. The van der Waals surface area contributed by atoms with Crippen molar-refractivity contribution in [1.82, 2.24) is 0 Å². The van der Waals surface area contributed by atoms with Crippen LogP contribution in [0, 0.1) is 0 Å². The van der Waals surface area contributed by atoms with Crippen LogP contribution in [-0.2, 0) is 22.0 Å². The van der Waals surface area contributed by atoms with E-state index in [1.807, 2.05) is 24.3 Å². The first-order valence-electron chi connectivity index (χ1n) is 6.07. The summed E-state index contributed by atoms with van der Waals surface area (Å²) in [6.45, 7) is 1.32. The molecule has 0 fully saturated rings. The molecule has 0 spiro atoms. The van der Waals surface area contributed by atoms with Gasteiger partial charge in [0.05, 0.1) is 15.7 Å². The van der Waals surface area contributed by atoms with Gasteiger partial charge in [0.25, 0.3) is 0 Å².